The highest BCUT2D eigenvalue weighted by atomic mass is 15.2. The number of piperidine rings is 1. The van der Waals surface area contributed by atoms with Crippen molar-refractivity contribution >= 4 is 5.82 Å². The van der Waals surface area contributed by atoms with E-state index in [1.54, 1.807) is 12.4 Å². The molecular weight excluding hydrogens is 260 g/mol. The summed E-state index contributed by atoms with van der Waals surface area (Å²) >= 11 is 0. The van der Waals surface area contributed by atoms with E-state index >= 15 is 0 Å². The molecule has 0 saturated carbocycles. The first-order chi connectivity index (χ1) is 10.3. The van der Waals surface area contributed by atoms with Crippen LogP contribution < -0.4 is 5.32 Å². The minimum absolute atomic E-state index is 0.456. The largest absolute Gasteiger partial charge is 0.365 e. The van der Waals surface area contributed by atoms with Gasteiger partial charge in [0.15, 0.2) is 0 Å². The van der Waals surface area contributed by atoms with Crippen LogP contribution in [0, 0.1) is 6.92 Å². The summed E-state index contributed by atoms with van der Waals surface area (Å²) in [6.45, 7) is 5.26. The number of rotatable bonds is 4. The SMILES string of the molecule is Cc1nccnc1NC1CCCN(Cc2ccccc2)C1. The van der Waals surface area contributed by atoms with E-state index in [0.29, 0.717) is 6.04 Å². The Labute approximate surface area is 126 Å². The average Bonchev–Trinajstić information content (AvgIpc) is 2.51. The molecule has 1 aromatic carbocycles. The van der Waals surface area contributed by atoms with E-state index in [4.69, 9.17) is 0 Å². The Bertz CT molecular complexity index is 570. The number of anilines is 1. The van der Waals surface area contributed by atoms with Crippen molar-refractivity contribution in [3.05, 3.63) is 54.0 Å². The van der Waals surface area contributed by atoms with Gasteiger partial charge in [-0.05, 0) is 31.9 Å². The number of benzene rings is 1. The van der Waals surface area contributed by atoms with Crippen LogP contribution in [0.5, 0.6) is 0 Å². The molecule has 21 heavy (non-hydrogen) atoms. The summed E-state index contributed by atoms with van der Waals surface area (Å²) < 4.78 is 0. The van der Waals surface area contributed by atoms with Gasteiger partial charge >= 0.3 is 0 Å². The van der Waals surface area contributed by atoms with Gasteiger partial charge in [-0.3, -0.25) is 9.88 Å². The number of hydrogen-bond donors (Lipinski definition) is 1. The number of nitrogens with one attached hydrogen (secondary N) is 1. The molecule has 110 valence electrons. The molecule has 1 fully saturated rings. The Morgan fingerprint density at radius 1 is 1.19 bits per heavy atom. The lowest BCUT2D eigenvalue weighted by Gasteiger charge is -2.33. The maximum Gasteiger partial charge on any atom is 0.147 e. The first-order valence-electron chi connectivity index (χ1n) is 7.62. The van der Waals surface area contributed by atoms with Crippen LogP contribution in [0.15, 0.2) is 42.7 Å². The van der Waals surface area contributed by atoms with Crippen molar-refractivity contribution in [2.75, 3.05) is 18.4 Å². The van der Waals surface area contributed by atoms with E-state index < -0.39 is 0 Å². The molecule has 4 nitrogen and oxygen atoms in total. The van der Waals surface area contributed by atoms with Gasteiger partial charge < -0.3 is 5.32 Å². The zero-order valence-corrected chi connectivity index (χ0v) is 12.5. The second kappa shape index (κ2) is 6.68. The Morgan fingerprint density at radius 2 is 2.00 bits per heavy atom. The summed E-state index contributed by atoms with van der Waals surface area (Å²) in [6.07, 6.45) is 5.91. The normalized spacial score (nSPS) is 19.4. The van der Waals surface area contributed by atoms with E-state index in [1.165, 1.54) is 24.9 Å². The quantitative estimate of drug-likeness (QED) is 0.936. The molecule has 0 bridgehead atoms. The molecule has 2 heterocycles. The minimum Gasteiger partial charge on any atom is -0.365 e. The molecular formula is C17H22N4. The average molecular weight is 282 g/mol. The number of nitrogens with zero attached hydrogens (tertiary/aromatic N) is 3. The summed E-state index contributed by atoms with van der Waals surface area (Å²) in [6, 6.07) is 11.1. The van der Waals surface area contributed by atoms with Crippen molar-refractivity contribution < 1.29 is 0 Å². The fourth-order valence-electron chi connectivity index (χ4n) is 2.90. The van der Waals surface area contributed by atoms with Gasteiger partial charge in [0.25, 0.3) is 0 Å². The molecule has 0 aliphatic carbocycles. The number of aryl methyl sites for hydroxylation is 1. The predicted octanol–water partition coefficient (Wildman–Crippen LogP) is 2.86. The monoisotopic (exact) mass is 282 g/mol. The van der Waals surface area contributed by atoms with Gasteiger partial charge in [0, 0.05) is 31.5 Å². The molecule has 3 rings (SSSR count). The van der Waals surface area contributed by atoms with Gasteiger partial charge in [-0.25, -0.2) is 4.98 Å². The Kier molecular flexibility index (Phi) is 4.46. The van der Waals surface area contributed by atoms with Crippen molar-refractivity contribution in [3.63, 3.8) is 0 Å². The number of likely N-dealkylation sites (tertiary alicyclic amines) is 1. The van der Waals surface area contributed by atoms with Crippen LogP contribution in [-0.4, -0.2) is 34.0 Å². The second-order valence-corrected chi connectivity index (χ2v) is 5.69. The highest BCUT2D eigenvalue weighted by Gasteiger charge is 2.20. The molecule has 1 N–H and O–H groups in total. The van der Waals surface area contributed by atoms with Gasteiger partial charge in [-0.15, -0.1) is 0 Å². The van der Waals surface area contributed by atoms with Gasteiger partial charge in [-0.1, -0.05) is 30.3 Å². The van der Waals surface area contributed by atoms with Gasteiger partial charge in [-0.2, -0.15) is 0 Å². The van der Waals surface area contributed by atoms with E-state index in [1.807, 2.05) is 6.92 Å². The van der Waals surface area contributed by atoms with Crippen LogP contribution in [0.3, 0.4) is 0 Å². The molecule has 0 spiro atoms. The van der Waals surface area contributed by atoms with Crippen molar-refractivity contribution in [3.8, 4) is 0 Å². The number of aromatic nitrogens is 2. The lowest BCUT2D eigenvalue weighted by Crippen LogP contribution is -2.41. The molecule has 1 aliphatic heterocycles. The number of hydrogen-bond acceptors (Lipinski definition) is 4. The van der Waals surface area contributed by atoms with Crippen LogP contribution in [-0.2, 0) is 6.54 Å². The molecule has 4 heteroatoms. The van der Waals surface area contributed by atoms with E-state index in [0.717, 1.165) is 24.6 Å². The summed E-state index contributed by atoms with van der Waals surface area (Å²) in [5.74, 6) is 0.920. The zero-order valence-electron chi connectivity index (χ0n) is 12.5. The summed E-state index contributed by atoms with van der Waals surface area (Å²) in [5, 5.41) is 3.55. The fraction of sp³-hybridized carbons (Fsp3) is 0.412. The van der Waals surface area contributed by atoms with Crippen LogP contribution >= 0.6 is 0 Å². The Morgan fingerprint density at radius 3 is 2.81 bits per heavy atom. The maximum atomic E-state index is 4.39. The van der Waals surface area contributed by atoms with Crippen LogP contribution in [0.2, 0.25) is 0 Å². The van der Waals surface area contributed by atoms with Gasteiger partial charge in [0.05, 0.1) is 5.69 Å². The van der Waals surface area contributed by atoms with Gasteiger partial charge in [0.1, 0.15) is 5.82 Å². The highest BCUT2D eigenvalue weighted by molar-refractivity contribution is 5.39. The van der Waals surface area contributed by atoms with E-state index in [-0.39, 0.29) is 0 Å². The molecule has 2 aromatic rings. The molecule has 0 amide bonds. The van der Waals surface area contributed by atoms with E-state index in [9.17, 15) is 0 Å². The standard InChI is InChI=1S/C17H22N4/c1-14-17(19-10-9-18-14)20-16-8-5-11-21(13-16)12-15-6-3-2-4-7-15/h2-4,6-7,9-10,16H,5,8,11-13H2,1H3,(H,19,20). The van der Waals surface area contributed by atoms with Crippen molar-refractivity contribution in [2.24, 2.45) is 0 Å². The lowest BCUT2D eigenvalue weighted by molar-refractivity contribution is 0.208. The third-order valence-corrected chi connectivity index (χ3v) is 3.98. The van der Waals surface area contributed by atoms with Crippen LogP contribution in [0.25, 0.3) is 0 Å². The molecule has 0 radical (unpaired) electrons. The minimum atomic E-state index is 0.456. The van der Waals surface area contributed by atoms with Crippen molar-refractivity contribution in [1.82, 2.24) is 14.9 Å². The topological polar surface area (TPSA) is 41.1 Å². The predicted molar refractivity (Wildman–Crippen MR) is 85.1 cm³/mol. The van der Waals surface area contributed by atoms with E-state index in [2.05, 4.69) is 50.5 Å². The van der Waals surface area contributed by atoms with Crippen LogP contribution in [0.4, 0.5) is 5.82 Å². The Hall–Kier alpha value is -1.94. The maximum absolute atomic E-state index is 4.39. The van der Waals surface area contributed by atoms with Crippen LogP contribution in [0.1, 0.15) is 24.1 Å². The molecule has 1 aromatic heterocycles. The third kappa shape index (κ3) is 3.79. The fourth-order valence-corrected chi connectivity index (χ4v) is 2.90. The zero-order chi connectivity index (χ0) is 14.5. The summed E-state index contributed by atoms with van der Waals surface area (Å²) in [4.78, 5) is 11.2. The third-order valence-electron chi connectivity index (χ3n) is 3.98. The summed E-state index contributed by atoms with van der Waals surface area (Å²) in [5.41, 5.74) is 2.35. The molecule has 1 atom stereocenters. The van der Waals surface area contributed by atoms with Crippen molar-refractivity contribution in [2.45, 2.75) is 32.4 Å². The highest BCUT2D eigenvalue weighted by Crippen LogP contribution is 2.17. The first kappa shape index (κ1) is 14.0. The smallest absolute Gasteiger partial charge is 0.147 e. The second-order valence-electron chi connectivity index (χ2n) is 5.69. The Balaban J connectivity index is 1.60. The molecule has 1 unspecified atom stereocenters. The molecule has 1 aliphatic rings. The van der Waals surface area contributed by atoms with Gasteiger partial charge in [0.2, 0.25) is 0 Å². The van der Waals surface area contributed by atoms with Crippen molar-refractivity contribution in [1.29, 1.82) is 0 Å². The lowest BCUT2D eigenvalue weighted by atomic mass is 10.0. The first-order valence-corrected chi connectivity index (χ1v) is 7.62. The molecule has 1 saturated heterocycles. The summed E-state index contributed by atoms with van der Waals surface area (Å²) in [7, 11) is 0.